The summed E-state index contributed by atoms with van der Waals surface area (Å²) in [5.74, 6) is 5.33. The minimum absolute atomic E-state index is 0.228. The van der Waals surface area contributed by atoms with Crippen molar-refractivity contribution < 1.29 is 9.53 Å². The molecule has 7 heteroatoms. The molecule has 0 aliphatic carbocycles. The zero-order chi connectivity index (χ0) is 17.7. The van der Waals surface area contributed by atoms with E-state index in [2.05, 4.69) is 22.5 Å². The summed E-state index contributed by atoms with van der Waals surface area (Å²) in [5.41, 5.74) is 4.16. The average Bonchev–Trinajstić information content (AvgIpc) is 2.54. The van der Waals surface area contributed by atoms with Crippen LogP contribution in [-0.4, -0.2) is 52.7 Å². The first kappa shape index (κ1) is 18.6. The van der Waals surface area contributed by atoms with Gasteiger partial charge in [0.05, 0.1) is 0 Å². The Balaban J connectivity index is 1.82. The van der Waals surface area contributed by atoms with Crippen LogP contribution in [0, 0.1) is 0 Å². The van der Waals surface area contributed by atoms with Crippen molar-refractivity contribution in [1.29, 1.82) is 0 Å². The van der Waals surface area contributed by atoms with E-state index < -0.39 is 5.60 Å². The molecule has 0 spiro atoms. The molecule has 1 fully saturated rings. The summed E-state index contributed by atoms with van der Waals surface area (Å²) in [4.78, 5) is 16.7. The summed E-state index contributed by atoms with van der Waals surface area (Å²) in [5, 5.41) is 0. The number of nitrogens with zero attached hydrogens (tertiary/aromatic N) is 2. The van der Waals surface area contributed by atoms with E-state index in [4.69, 9.17) is 22.8 Å². The lowest BCUT2D eigenvalue weighted by Gasteiger charge is -2.35. The third kappa shape index (κ3) is 5.43. The van der Waals surface area contributed by atoms with Gasteiger partial charge in [-0.3, -0.25) is 4.90 Å². The Bertz CT molecular complexity index is 575. The minimum Gasteiger partial charge on any atom is -0.444 e. The van der Waals surface area contributed by atoms with Crippen LogP contribution >= 0.6 is 12.2 Å². The van der Waals surface area contributed by atoms with E-state index in [1.54, 1.807) is 4.90 Å². The van der Waals surface area contributed by atoms with Crippen LogP contribution in [0.15, 0.2) is 24.3 Å². The average molecular weight is 350 g/mol. The summed E-state index contributed by atoms with van der Waals surface area (Å²) in [6, 6.07) is 8.04. The van der Waals surface area contributed by atoms with Gasteiger partial charge in [0.2, 0.25) is 0 Å². The van der Waals surface area contributed by atoms with Gasteiger partial charge >= 0.3 is 6.09 Å². The molecule has 1 aliphatic heterocycles. The number of nitrogens with one attached hydrogen (secondary N) is 1. The Morgan fingerprint density at radius 1 is 1.21 bits per heavy atom. The molecule has 0 unspecified atom stereocenters. The van der Waals surface area contributed by atoms with Gasteiger partial charge < -0.3 is 15.1 Å². The van der Waals surface area contributed by atoms with Crippen LogP contribution in [0.5, 0.6) is 0 Å². The van der Waals surface area contributed by atoms with Gasteiger partial charge in [0.1, 0.15) is 10.6 Å². The third-order valence-corrected chi connectivity index (χ3v) is 4.13. The molecule has 24 heavy (non-hydrogen) atoms. The fraction of sp³-hybridized carbons (Fsp3) is 0.529. The van der Waals surface area contributed by atoms with E-state index >= 15 is 0 Å². The van der Waals surface area contributed by atoms with Gasteiger partial charge in [-0.25, -0.2) is 10.6 Å². The van der Waals surface area contributed by atoms with E-state index in [1.807, 2.05) is 32.9 Å². The summed E-state index contributed by atoms with van der Waals surface area (Å²) in [7, 11) is 0. The molecule has 1 amide bonds. The van der Waals surface area contributed by atoms with Gasteiger partial charge in [-0.15, -0.1) is 0 Å². The Morgan fingerprint density at radius 3 is 2.29 bits per heavy atom. The van der Waals surface area contributed by atoms with Crippen molar-refractivity contribution in [2.24, 2.45) is 5.84 Å². The molecule has 0 saturated carbocycles. The summed E-state index contributed by atoms with van der Waals surface area (Å²) >= 11 is 5.11. The summed E-state index contributed by atoms with van der Waals surface area (Å²) in [6.07, 6.45) is -0.228. The van der Waals surface area contributed by atoms with Gasteiger partial charge in [-0.05, 0) is 26.3 Å². The van der Waals surface area contributed by atoms with Gasteiger partial charge in [0.25, 0.3) is 0 Å². The standard InChI is InChI=1S/C17H26N4O2S/c1-17(2,3)23-16(22)21-10-8-20(9-11-21)12-13-4-6-14(7-5-13)15(24)19-18/h4-7H,8-12,18H2,1-3H3,(H,19,24). The SMILES string of the molecule is CC(C)(C)OC(=O)N1CCN(Cc2ccc(C(=S)NN)cc2)CC1. The second kappa shape index (κ2) is 7.92. The number of carbonyl (C=O) groups excluding carboxylic acids is 1. The van der Waals surface area contributed by atoms with Crippen LogP contribution in [0.1, 0.15) is 31.9 Å². The van der Waals surface area contributed by atoms with Crippen LogP contribution in [-0.2, 0) is 11.3 Å². The maximum Gasteiger partial charge on any atom is 0.410 e. The molecule has 1 aliphatic rings. The Hall–Kier alpha value is -1.70. The van der Waals surface area contributed by atoms with E-state index in [0.29, 0.717) is 18.1 Å². The van der Waals surface area contributed by atoms with Crippen LogP contribution in [0.25, 0.3) is 0 Å². The van der Waals surface area contributed by atoms with Crippen molar-refractivity contribution in [2.45, 2.75) is 32.9 Å². The molecule has 0 radical (unpaired) electrons. The Kier molecular flexibility index (Phi) is 6.15. The molecule has 6 nitrogen and oxygen atoms in total. The second-order valence-corrected chi connectivity index (χ2v) is 7.32. The molecular formula is C17H26N4O2S. The van der Waals surface area contributed by atoms with Crippen LogP contribution in [0.4, 0.5) is 4.79 Å². The monoisotopic (exact) mass is 350 g/mol. The number of ether oxygens (including phenoxy) is 1. The fourth-order valence-electron chi connectivity index (χ4n) is 2.52. The molecular weight excluding hydrogens is 324 g/mol. The molecule has 0 aromatic heterocycles. The van der Waals surface area contributed by atoms with Crippen molar-refractivity contribution in [3.05, 3.63) is 35.4 Å². The number of thiocarbonyl (C=S) groups is 1. The lowest BCUT2D eigenvalue weighted by molar-refractivity contribution is 0.0139. The Morgan fingerprint density at radius 2 is 1.79 bits per heavy atom. The number of hydrogen-bond acceptors (Lipinski definition) is 5. The number of hydrogen-bond donors (Lipinski definition) is 2. The zero-order valence-electron chi connectivity index (χ0n) is 14.5. The molecule has 1 saturated heterocycles. The first-order chi connectivity index (χ1) is 11.3. The van der Waals surface area contributed by atoms with Gasteiger partial charge in [0.15, 0.2) is 0 Å². The maximum atomic E-state index is 12.1. The number of carbonyl (C=O) groups is 1. The smallest absolute Gasteiger partial charge is 0.410 e. The molecule has 1 heterocycles. The van der Waals surface area contributed by atoms with Crippen molar-refractivity contribution in [3.8, 4) is 0 Å². The highest BCUT2D eigenvalue weighted by Gasteiger charge is 2.25. The lowest BCUT2D eigenvalue weighted by atomic mass is 10.1. The quantitative estimate of drug-likeness (QED) is 0.493. The topological polar surface area (TPSA) is 70.8 Å². The number of piperazine rings is 1. The molecule has 132 valence electrons. The van der Waals surface area contributed by atoms with Crippen molar-refractivity contribution in [1.82, 2.24) is 15.2 Å². The maximum absolute atomic E-state index is 12.1. The Labute approximate surface area is 148 Å². The van der Waals surface area contributed by atoms with Crippen LogP contribution in [0.2, 0.25) is 0 Å². The van der Waals surface area contributed by atoms with Crippen molar-refractivity contribution in [3.63, 3.8) is 0 Å². The van der Waals surface area contributed by atoms with Gasteiger partial charge in [0, 0.05) is 38.3 Å². The van der Waals surface area contributed by atoms with E-state index in [-0.39, 0.29) is 6.09 Å². The first-order valence-electron chi connectivity index (χ1n) is 8.08. The summed E-state index contributed by atoms with van der Waals surface area (Å²) < 4.78 is 5.42. The fourth-order valence-corrected chi connectivity index (χ4v) is 2.65. The van der Waals surface area contributed by atoms with Gasteiger partial charge in [-0.2, -0.15) is 0 Å². The number of nitrogens with two attached hydrogens (primary N) is 1. The van der Waals surface area contributed by atoms with Crippen LogP contribution < -0.4 is 11.3 Å². The number of rotatable bonds is 3. The highest BCUT2D eigenvalue weighted by atomic mass is 32.1. The predicted molar refractivity (Wildman–Crippen MR) is 98.5 cm³/mol. The predicted octanol–water partition coefficient (Wildman–Crippen LogP) is 1.88. The van der Waals surface area contributed by atoms with Crippen molar-refractivity contribution >= 4 is 23.3 Å². The number of hydrazine groups is 1. The number of benzene rings is 1. The first-order valence-corrected chi connectivity index (χ1v) is 8.49. The molecule has 0 bridgehead atoms. The molecule has 0 atom stereocenters. The van der Waals surface area contributed by atoms with Crippen molar-refractivity contribution in [2.75, 3.05) is 26.2 Å². The van der Waals surface area contributed by atoms with Gasteiger partial charge in [-0.1, -0.05) is 36.5 Å². The lowest BCUT2D eigenvalue weighted by Crippen LogP contribution is -2.49. The van der Waals surface area contributed by atoms with Crippen LogP contribution in [0.3, 0.4) is 0 Å². The largest absolute Gasteiger partial charge is 0.444 e. The molecule has 3 N–H and O–H groups in total. The number of amides is 1. The molecule has 2 rings (SSSR count). The van der Waals surface area contributed by atoms with E-state index in [1.165, 1.54) is 5.56 Å². The highest BCUT2D eigenvalue weighted by Crippen LogP contribution is 2.14. The third-order valence-electron chi connectivity index (χ3n) is 3.78. The summed E-state index contributed by atoms with van der Waals surface area (Å²) in [6.45, 7) is 9.56. The van der Waals surface area contributed by atoms with E-state index in [0.717, 1.165) is 25.2 Å². The van der Waals surface area contributed by atoms with E-state index in [9.17, 15) is 4.79 Å². The zero-order valence-corrected chi connectivity index (χ0v) is 15.4. The highest BCUT2D eigenvalue weighted by molar-refractivity contribution is 7.80. The minimum atomic E-state index is -0.449. The molecule has 1 aromatic rings. The second-order valence-electron chi connectivity index (χ2n) is 6.91. The molecule has 1 aromatic carbocycles. The normalized spacial score (nSPS) is 15.9.